The fourth-order valence-electron chi connectivity index (χ4n) is 0.915. The highest BCUT2D eigenvalue weighted by atomic mass is 15.1. The summed E-state index contributed by atoms with van der Waals surface area (Å²) in [5.74, 6) is 0.904. The monoisotopic (exact) mass is 140 g/mol. The molecule has 0 aromatic heterocycles. The lowest BCUT2D eigenvalue weighted by Crippen LogP contribution is -2.40. The molecule has 56 valence electrons. The van der Waals surface area contributed by atoms with Crippen LogP contribution in [0.25, 0.3) is 0 Å². The zero-order valence-electron chi connectivity index (χ0n) is 5.99. The fourth-order valence-corrected chi connectivity index (χ4v) is 0.915. The van der Waals surface area contributed by atoms with Crippen molar-refractivity contribution in [1.82, 2.24) is 16.0 Å². The minimum atomic E-state index is 0.828. The highest BCUT2D eigenvalue weighted by molar-refractivity contribution is 5.76. The maximum absolute atomic E-state index is 7.01. The van der Waals surface area contributed by atoms with Gasteiger partial charge in [0.15, 0.2) is 0 Å². The molecule has 1 aliphatic rings. The Kier molecular flexibility index (Phi) is 2.15. The Balaban J connectivity index is 2.72. The van der Waals surface area contributed by atoms with E-state index in [4.69, 9.17) is 5.41 Å². The third kappa shape index (κ3) is 1.21. The number of hydrogen-bond acceptors (Lipinski definition) is 4. The summed E-state index contributed by atoms with van der Waals surface area (Å²) in [6, 6.07) is 0. The van der Waals surface area contributed by atoms with Gasteiger partial charge in [-0.15, -0.1) is 0 Å². The summed E-state index contributed by atoms with van der Waals surface area (Å²) in [5.41, 5.74) is 0.828. The minimum Gasteiger partial charge on any atom is -0.379 e. The molecule has 1 heterocycles. The summed E-state index contributed by atoms with van der Waals surface area (Å²) in [6.07, 6.45) is 1.30. The summed E-state index contributed by atoms with van der Waals surface area (Å²) in [4.78, 5) is 0. The van der Waals surface area contributed by atoms with Gasteiger partial charge in [-0.1, -0.05) is 0 Å². The van der Waals surface area contributed by atoms with Crippen LogP contribution in [0.3, 0.4) is 0 Å². The van der Waals surface area contributed by atoms with Crippen molar-refractivity contribution in [3.63, 3.8) is 0 Å². The van der Waals surface area contributed by atoms with Crippen molar-refractivity contribution in [2.24, 2.45) is 0 Å². The molecule has 0 amide bonds. The molecule has 1 rings (SSSR count). The van der Waals surface area contributed by atoms with E-state index in [2.05, 4.69) is 16.0 Å². The Bertz CT molecular complexity index is 161. The van der Waals surface area contributed by atoms with Crippen LogP contribution in [0.1, 0.15) is 0 Å². The van der Waals surface area contributed by atoms with Crippen molar-refractivity contribution >= 4 is 6.21 Å². The lowest BCUT2D eigenvalue weighted by atomic mass is 10.3. The molecule has 10 heavy (non-hydrogen) atoms. The van der Waals surface area contributed by atoms with Gasteiger partial charge in [-0.25, -0.2) is 0 Å². The van der Waals surface area contributed by atoms with E-state index >= 15 is 0 Å². The standard InChI is InChI=1S/C6H12N4/c1-8-6-5(4-7)9-2-3-10-6/h4,7-10H,2-3H2,1H3. The van der Waals surface area contributed by atoms with E-state index in [-0.39, 0.29) is 0 Å². The second-order valence-corrected chi connectivity index (χ2v) is 2.04. The third-order valence-corrected chi connectivity index (χ3v) is 1.41. The maximum Gasteiger partial charge on any atom is 0.124 e. The van der Waals surface area contributed by atoms with Crippen LogP contribution in [0.2, 0.25) is 0 Å². The normalized spacial score (nSPS) is 17.3. The summed E-state index contributed by atoms with van der Waals surface area (Å²) in [5, 5.41) is 16.2. The second kappa shape index (κ2) is 3.10. The molecular weight excluding hydrogens is 128 g/mol. The van der Waals surface area contributed by atoms with Crippen LogP contribution in [0.4, 0.5) is 0 Å². The Morgan fingerprint density at radius 3 is 2.70 bits per heavy atom. The molecule has 0 bridgehead atoms. The molecule has 0 atom stereocenters. The van der Waals surface area contributed by atoms with E-state index < -0.39 is 0 Å². The molecule has 1 aliphatic heterocycles. The molecule has 0 aromatic rings. The number of rotatable bonds is 2. The van der Waals surface area contributed by atoms with Gasteiger partial charge in [-0.2, -0.15) is 0 Å². The van der Waals surface area contributed by atoms with Crippen LogP contribution < -0.4 is 16.0 Å². The lowest BCUT2D eigenvalue weighted by Gasteiger charge is -2.20. The summed E-state index contributed by atoms with van der Waals surface area (Å²) in [6.45, 7) is 1.80. The van der Waals surface area contributed by atoms with E-state index in [0.717, 1.165) is 24.6 Å². The molecule has 0 aromatic carbocycles. The minimum absolute atomic E-state index is 0.828. The predicted molar refractivity (Wildman–Crippen MR) is 40.9 cm³/mol. The van der Waals surface area contributed by atoms with Crippen molar-refractivity contribution < 1.29 is 0 Å². The predicted octanol–water partition coefficient (Wildman–Crippen LogP) is -0.783. The zero-order chi connectivity index (χ0) is 7.40. The van der Waals surface area contributed by atoms with Gasteiger partial charge in [-0.05, 0) is 0 Å². The van der Waals surface area contributed by atoms with Gasteiger partial charge in [0.25, 0.3) is 0 Å². The second-order valence-electron chi connectivity index (χ2n) is 2.04. The fraction of sp³-hybridized carbons (Fsp3) is 0.500. The van der Waals surface area contributed by atoms with Crippen LogP contribution >= 0.6 is 0 Å². The Morgan fingerprint density at radius 2 is 2.20 bits per heavy atom. The van der Waals surface area contributed by atoms with E-state index in [9.17, 15) is 0 Å². The highest BCUT2D eigenvalue weighted by Gasteiger charge is 2.05. The molecule has 0 radical (unpaired) electrons. The van der Waals surface area contributed by atoms with E-state index in [1.165, 1.54) is 6.21 Å². The highest BCUT2D eigenvalue weighted by Crippen LogP contribution is 1.93. The molecular formula is C6H12N4. The van der Waals surface area contributed by atoms with Gasteiger partial charge < -0.3 is 21.4 Å². The topological polar surface area (TPSA) is 59.9 Å². The first-order chi connectivity index (χ1) is 4.88. The molecule has 4 nitrogen and oxygen atoms in total. The molecule has 4 N–H and O–H groups in total. The van der Waals surface area contributed by atoms with E-state index in [1.54, 1.807) is 0 Å². The molecule has 0 saturated carbocycles. The summed E-state index contributed by atoms with van der Waals surface area (Å²) < 4.78 is 0. The van der Waals surface area contributed by atoms with Gasteiger partial charge in [0.1, 0.15) is 5.82 Å². The van der Waals surface area contributed by atoms with Gasteiger partial charge in [0.2, 0.25) is 0 Å². The lowest BCUT2D eigenvalue weighted by molar-refractivity contribution is 0.631. The van der Waals surface area contributed by atoms with Crippen LogP contribution in [0.5, 0.6) is 0 Å². The first-order valence-electron chi connectivity index (χ1n) is 3.28. The van der Waals surface area contributed by atoms with E-state index in [1.807, 2.05) is 7.05 Å². The van der Waals surface area contributed by atoms with Gasteiger partial charge in [0, 0.05) is 26.4 Å². The van der Waals surface area contributed by atoms with Crippen LogP contribution in [0.15, 0.2) is 11.5 Å². The Hall–Kier alpha value is -1.19. The summed E-state index contributed by atoms with van der Waals surface area (Å²) in [7, 11) is 1.83. The first-order valence-corrected chi connectivity index (χ1v) is 3.28. The van der Waals surface area contributed by atoms with Crippen molar-refractivity contribution in [2.75, 3.05) is 20.1 Å². The first kappa shape index (κ1) is 6.92. The van der Waals surface area contributed by atoms with Gasteiger partial charge >= 0.3 is 0 Å². The Morgan fingerprint density at radius 1 is 1.50 bits per heavy atom. The van der Waals surface area contributed by atoms with Gasteiger partial charge in [0.05, 0.1) is 5.70 Å². The largest absolute Gasteiger partial charge is 0.379 e. The summed E-state index contributed by atoms with van der Waals surface area (Å²) >= 11 is 0. The molecule has 0 spiro atoms. The van der Waals surface area contributed by atoms with Crippen molar-refractivity contribution in [1.29, 1.82) is 5.41 Å². The SMILES string of the molecule is CNC1=C(C=N)NCCN1. The van der Waals surface area contributed by atoms with Crippen LogP contribution in [0, 0.1) is 5.41 Å². The van der Waals surface area contributed by atoms with Crippen molar-refractivity contribution in [2.45, 2.75) is 0 Å². The number of allylic oxidation sites excluding steroid dienone is 1. The number of hydrogen-bond donors (Lipinski definition) is 4. The van der Waals surface area contributed by atoms with Gasteiger partial charge in [-0.3, -0.25) is 0 Å². The quantitative estimate of drug-likeness (QED) is 0.380. The maximum atomic E-state index is 7.01. The zero-order valence-corrected chi connectivity index (χ0v) is 5.99. The molecule has 0 saturated heterocycles. The number of nitrogens with one attached hydrogen (secondary N) is 4. The average molecular weight is 140 g/mol. The average Bonchev–Trinajstić information content (AvgIpc) is 2.04. The molecule has 0 aliphatic carbocycles. The van der Waals surface area contributed by atoms with Crippen LogP contribution in [-0.4, -0.2) is 26.4 Å². The third-order valence-electron chi connectivity index (χ3n) is 1.41. The Labute approximate surface area is 60.2 Å². The molecule has 0 unspecified atom stereocenters. The van der Waals surface area contributed by atoms with E-state index in [0.29, 0.717) is 0 Å². The van der Waals surface area contributed by atoms with Crippen molar-refractivity contribution in [3.05, 3.63) is 11.5 Å². The molecule has 4 heteroatoms. The van der Waals surface area contributed by atoms with Crippen molar-refractivity contribution in [3.8, 4) is 0 Å². The smallest absolute Gasteiger partial charge is 0.124 e. The van der Waals surface area contributed by atoms with Crippen LogP contribution in [-0.2, 0) is 0 Å². The molecule has 0 fully saturated rings.